The van der Waals surface area contributed by atoms with Crippen LogP contribution < -0.4 is 16.0 Å². The molecule has 1 unspecified atom stereocenters. The van der Waals surface area contributed by atoms with E-state index in [-0.39, 0.29) is 36.6 Å². The number of hydrogen-bond acceptors (Lipinski definition) is 6. The maximum absolute atomic E-state index is 14.4. The Balaban J connectivity index is 1.33. The molecule has 0 saturated carbocycles. The summed E-state index contributed by atoms with van der Waals surface area (Å²) in [5, 5.41) is 17.0. The summed E-state index contributed by atoms with van der Waals surface area (Å²) in [6.07, 6.45) is 17.7. The molecule has 3 aromatic rings. The van der Waals surface area contributed by atoms with Crippen LogP contribution in [0.3, 0.4) is 0 Å². The summed E-state index contributed by atoms with van der Waals surface area (Å²) < 4.78 is 11.3. The van der Waals surface area contributed by atoms with Crippen LogP contribution in [0.15, 0.2) is 29.6 Å². The summed E-state index contributed by atoms with van der Waals surface area (Å²) >= 11 is 0. The highest BCUT2D eigenvalue weighted by Gasteiger charge is 2.48. The third-order valence-corrected chi connectivity index (χ3v) is 13.3. The smallest absolute Gasteiger partial charge is 0.306 e. The number of aromatic nitrogens is 3. The summed E-state index contributed by atoms with van der Waals surface area (Å²) in [6, 6.07) is 0. The number of carbonyl (C=O) groups excluding carboxylic acids is 2. The zero-order valence-electron chi connectivity index (χ0n) is 37.2. The van der Waals surface area contributed by atoms with Crippen molar-refractivity contribution in [3.8, 4) is 0 Å². The van der Waals surface area contributed by atoms with Crippen molar-refractivity contribution >= 4 is 41.6 Å². The van der Waals surface area contributed by atoms with E-state index in [1.54, 1.807) is 0 Å². The number of carbonyl (C=O) groups is 2. The van der Waals surface area contributed by atoms with E-state index >= 15 is 0 Å². The van der Waals surface area contributed by atoms with Crippen molar-refractivity contribution in [3.05, 3.63) is 96.5 Å². The minimum Gasteiger partial charge on any atom is -0.461 e. The molecular formula is C50H68N4O5. The zero-order chi connectivity index (χ0) is 42.7. The summed E-state index contributed by atoms with van der Waals surface area (Å²) in [5.74, 6) is -0.130. The molecule has 9 heteroatoms. The molecule has 3 aliphatic rings. The Hall–Kier alpha value is -4.60. The molecule has 5 heterocycles. The molecule has 5 atom stereocenters. The number of ether oxygens (including phenoxy) is 2. The van der Waals surface area contributed by atoms with Crippen LogP contribution in [0, 0.1) is 50.4 Å². The fraction of sp³-hybridized carbons (Fsp3) is 0.520. The van der Waals surface area contributed by atoms with Gasteiger partial charge in [0.1, 0.15) is 12.5 Å². The number of allylic oxidation sites excluding steroid dienone is 3. The van der Waals surface area contributed by atoms with Crippen LogP contribution in [0.5, 0.6) is 0 Å². The molecule has 318 valence electrons. The molecular weight excluding hydrogens is 737 g/mol. The lowest BCUT2D eigenvalue weighted by Crippen LogP contribution is -2.29. The van der Waals surface area contributed by atoms with Crippen molar-refractivity contribution in [2.24, 2.45) is 29.6 Å². The molecule has 1 fully saturated rings. The number of nitrogens with one attached hydrogen (secondary N) is 4. The van der Waals surface area contributed by atoms with Crippen LogP contribution >= 0.6 is 0 Å². The molecule has 1 aliphatic carbocycles. The molecule has 2 aliphatic heterocycles. The first kappa shape index (κ1) is 44.0. The molecule has 1 saturated heterocycles. The van der Waals surface area contributed by atoms with E-state index in [0.717, 1.165) is 87.0 Å². The molecule has 6 rings (SSSR count). The van der Waals surface area contributed by atoms with E-state index in [0.29, 0.717) is 23.3 Å². The average Bonchev–Trinajstić information content (AvgIpc) is 3.94. The van der Waals surface area contributed by atoms with Gasteiger partial charge in [-0.2, -0.15) is 0 Å². The van der Waals surface area contributed by atoms with Gasteiger partial charge in [-0.3, -0.25) is 9.59 Å². The van der Waals surface area contributed by atoms with E-state index in [1.807, 2.05) is 19.1 Å². The van der Waals surface area contributed by atoms with Gasteiger partial charge in [0.2, 0.25) is 0 Å². The number of fused-ring (bicyclic) bond motifs is 7. The number of aliphatic hydroxyl groups is 1. The van der Waals surface area contributed by atoms with E-state index in [4.69, 9.17) is 9.47 Å². The number of H-pyrrole nitrogens is 3. The molecule has 8 bridgehead atoms. The second-order valence-corrected chi connectivity index (χ2v) is 17.8. The number of esters is 1. The Morgan fingerprint density at radius 1 is 0.932 bits per heavy atom. The molecule has 0 radical (unpaired) electrons. The third kappa shape index (κ3) is 9.12. The molecule has 5 N–H and O–H groups in total. The maximum atomic E-state index is 14.4. The Kier molecular flexibility index (Phi) is 14.0. The minimum absolute atomic E-state index is 0.0559. The lowest BCUT2D eigenvalue weighted by molar-refractivity contribution is -0.142. The predicted octanol–water partition coefficient (Wildman–Crippen LogP) is 9.06. The topological polar surface area (TPSA) is 132 Å². The third-order valence-electron chi connectivity index (χ3n) is 13.3. The Morgan fingerprint density at radius 3 is 2.34 bits per heavy atom. The standard InChI is InChI=1S/C50H68N4O5/c1-12-34-30(7)37-24-39-32(9)36(20-21-43(55)59-23-22-29(6)19-15-18-28(5)17-14-16-27(3)4)47(53-39)45-46(50(57)58-11)49(56)44-33(10)40(54-48(44)45)26-42-35(13-2)31(8)38(52-42)25-41(34)51-37/h12,22,24-28,32,36,46,50-54,57H,1,13-21,23H2,2-11H3/b29-22+,38-25-,39-24-,42-26-,47-45-/t28-,32+,36+,46-,50?/m1/s1. The monoisotopic (exact) mass is 805 g/mol. The van der Waals surface area contributed by atoms with Crippen LogP contribution in [0.2, 0.25) is 0 Å². The van der Waals surface area contributed by atoms with Gasteiger partial charge in [-0.1, -0.05) is 78.5 Å². The number of Topliss-reactive ketones (excluding diaryl/α,β-unsaturated/α-hetero) is 1. The van der Waals surface area contributed by atoms with E-state index in [1.165, 1.54) is 49.5 Å². The van der Waals surface area contributed by atoms with Gasteiger partial charge in [0.05, 0.1) is 5.69 Å². The van der Waals surface area contributed by atoms with Crippen molar-refractivity contribution in [2.45, 2.75) is 126 Å². The zero-order valence-corrected chi connectivity index (χ0v) is 37.2. The molecule has 0 spiro atoms. The first-order chi connectivity index (χ1) is 28.2. The first-order valence-corrected chi connectivity index (χ1v) is 22.0. The van der Waals surface area contributed by atoms with Gasteiger partial charge >= 0.3 is 5.97 Å². The minimum atomic E-state index is -1.36. The van der Waals surface area contributed by atoms with Crippen molar-refractivity contribution in [2.75, 3.05) is 13.7 Å². The van der Waals surface area contributed by atoms with E-state index in [9.17, 15) is 14.7 Å². The molecule has 3 aromatic heterocycles. The number of hydrogen-bond donors (Lipinski definition) is 5. The van der Waals surface area contributed by atoms with Gasteiger partial charge < -0.3 is 34.8 Å². The molecule has 0 amide bonds. The van der Waals surface area contributed by atoms with Crippen molar-refractivity contribution in [1.29, 1.82) is 0 Å². The van der Waals surface area contributed by atoms with E-state index in [2.05, 4.69) is 100 Å². The highest BCUT2D eigenvalue weighted by atomic mass is 16.6. The van der Waals surface area contributed by atoms with Crippen LogP contribution in [0.1, 0.15) is 154 Å². The maximum Gasteiger partial charge on any atom is 0.306 e. The summed E-state index contributed by atoms with van der Waals surface area (Å²) in [4.78, 5) is 38.8. The normalized spacial score (nSPS) is 23.0. The van der Waals surface area contributed by atoms with Crippen LogP contribution in [-0.2, 0) is 20.7 Å². The largest absolute Gasteiger partial charge is 0.461 e. The SMILES string of the molecule is C=Cc1c2[nH]c(c1C)/C=C1\N/C(=C3\c4[nH]c(c(C)c4C(=O)[C@@H]3C(O)OC)/C=c3\[nH]/c(c(C)c3CC)=C\2)[C@@H](CCC(=O)OC/C=C(\C)CCC[C@H](C)CCCC(C)C)[C@@H]1C. The fourth-order valence-electron chi connectivity index (χ4n) is 9.57. The van der Waals surface area contributed by atoms with Gasteiger partial charge in [-0.25, -0.2) is 0 Å². The van der Waals surface area contributed by atoms with Crippen LogP contribution in [-0.4, -0.2) is 51.8 Å². The highest BCUT2D eigenvalue weighted by molar-refractivity contribution is 6.15. The molecule has 59 heavy (non-hydrogen) atoms. The Labute approximate surface area is 351 Å². The lowest BCUT2D eigenvalue weighted by Gasteiger charge is -2.23. The predicted molar refractivity (Wildman–Crippen MR) is 240 cm³/mol. The Bertz CT molecular complexity index is 2290. The number of rotatable bonds is 17. The average molecular weight is 805 g/mol. The van der Waals surface area contributed by atoms with Gasteiger partial charge in [0.25, 0.3) is 0 Å². The summed E-state index contributed by atoms with van der Waals surface area (Å²) in [6.45, 7) is 24.0. The first-order valence-electron chi connectivity index (χ1n) is 22.0. The quantitative estimate of drug-likeness (QED) is 0.0526. The number of aromatic amines is 3. The summed E-state index contributed by atoms with van der Waals surface area (Å²) in [5.41, 5.74) is 12.9. The second-order valence-electron chi connectivity index (χ2n) is 17.8. The lowest BCUT2D eigenvalue weighted by atomic mass is 9.84. The highest BCUT2D eigenvalue weighted by Crippen LogP contribution is 2.49. The molecule has 9 nitrogen and oxygen atoms in total. The Morgan fingerprint density at radius 2 is 1.64 bits per heavy atom. The van der Waals surface area contributed by atoms with Crippen LogP contribution in [0.4, 0.5) is 0 Å². The van der Waals surface area contributed by atoms with Crippen LogP contribution in [0.25, 0.3) is 29.9 Å². The van der Waals surface area contributed by atoms with Gasteiger partial charge in [-0.05, 0) is 112 Å². The van der Waals surface area contributed by atoms with Gasteiger partial charge in [0, 0.05) is 81.2 Å². The van der Waals surface area contributed by atoms with Crippen molar-refractivity contribution < 1.29 is 24.2 Å². The van der Waals surface area contributed by atoms with Gasteiger partial charge in [-0.15, -0.1) is 0 Å². The second kappa shape index (κ2) is 18.8. The number of ketones is 1. The van der Waals surface area contributed by atoms with Crippen molar-refractivity contribution in [3.63, 3.8) is 0 Å². The van der Waals surface area contributed by atoms with E-state index < -0.39 is 12.2 Å². The van der Waals surface area contributed by atoms with Gasteiger partial charge in [0.15, 0.2) is 12.1 Å². The fourth-order valence-corrected chi connectivity index (χ4v) is 9.57. The van der Waals surface area contributed by atoms with Crippen molar-refractivity contribution in [1.82, 2.24) is 20.3 Å². The summed E-state index contributed by atoms with van der Waals surface area (Å²) in [7, 11) is 1.42. The number of aliphatic hydroxyl groups excluding tert-OH is 1. The number of methoxy groups -OCH3 is 1. The molecule has 0 aromatic carbocycles.